The van der Waals surface area contributed by atoms with Crippen LogP contribution in [0.2, 0.25) is 0 Å². The van der Waals surface area contributed by atoms with Crippen molar-refractivity contribution in [1.29, 1.82) is 0 Å². The highest BCUT2D eigenvalue weighted by Gasteiger charge is 2.23. The Balaban J connectivity index is 1.52. The third-order valence-electron chi connectivity index (χ3n) is 4.61. The van der Waals surface area contributed by atoms with Gasteiger partial charge in [-0.05, 0) is 6.07 Å². The molecule has 0 saturated carbocycles. The second kappa shape index (κ2) is 7.60. The maximum atomic E-state index is 12.5. The van der Waals surface area contributed by atoms with Gasteiger partial charge < -0.3 is 9.47 Å². The largest absolute Gasteiger partial charge is 0.335 e. The normalized spacial score (nSPS) is 15.5. The van der Waals surface area contributed by atoms with Crippen LogP contribution in [0.3, 0.4) is 0 Å². The Morgan fingerprint density at radius 1 is 1.16 bits per heavy atom. The highest BCUT2D eigenvalue weighted by Crippen LogP contribution is 2.07. The molecule has 0 aromatic carbocycles. The van der Waals surface area contributed by atoms with Gasteiger partial charge in [0.15, 0.2) is 0 Å². The van der Waals surface area contributed by atoms with Gasteiger partial charge in [-0.25, -0.2) is 9.67 Å². The third-order valence-corrected chi connectivity index (χ3v) is 4.61. The molecule has 2 aromatic heterocycles. The first-order valence-corrected chi connectivity index (χ1v) is 8.64. The van der Waals surface area contributed by atoms with Crippen LogP contribution >= 0.6 is 0 Å². The Morgan fingerprint density at radius 3 is 2.60 bits per heavy atom. The topological polar surface area (TPSA) is 76.3 Å². The summed E-state index contributed by atoms with van der Waals surface area (Å²) in [5.41, 5.74) is 0.105. The van der Waals surface area contributed by atoms with Crippen LogP contribution in [0.25, 0.3) is 0 Å². The Hall–Kier alpha value is -2.48. The molecule has 3 heterocycles. The molecule has 134 valence electrons. The second-order valence-corrected chi connectivity index (χ2v) is 6.20. The summed E-state index contributed by atoms with van der Waals surface area (Å²) in [7, 11) is 1.55. The van der Waals surface area contributed by atoms with Crippen molar-refractivity contribution in [3.63, 3.8) is 0 Å². The van der Waals surface area contributed by atoms with Gasteiger partial charge in [0, 0.05) is 71.2 Å². The van der Waals surface area contributed by atoms with Crippen molar-refractivity contribution in [3.05, 3.63) is 46.4 Å². The maximum absolute atomic E-state index is 12.5. The van der Waals surface area contributed by atoms with Crippen molar-refractivity contribution in [2.75, 3.05) is 32.7 Å². The second-order valence-electron chi connectivity index (χ2n) is 6.20. The van der Waals surface area contributed by atoms with Crippen LogP contribution in [0.5, 0.6) is 0 Å². The van der Waals surface area contributed by atoms with Gasteiger partial charge in [-0.2, -0.15) is 5.10 Å². The molecular formula is C17H24N6O2. The number of rotatable bonds is 5. The average Bonchev–Trinajstić information content (AvgIpc) is 3.09. The number of aromatic nitrogens is 4. The monoisotopic (exact) mass is 344 g/mol. The van der Waals surface area contributed by atoms with Crippen LogP contribution in [0.15, 0.2) is 29.3 Å². The molecule has 2 aromatic rings. The van der Waals surface area contributed by atoms with Crippen molar-refractivity contribution < 1.29 is 4.79 Å². The van der Waals surface area contributed by atoms with Crippen LogP contribution in [0, 0.1) is 0 Å². The lowest BCUT2D eigenvalue weighted by molar-refractivity contribution is 0.0624. The van der Waals surface area contributed by atoms with Gasteiger partial charge in [-0.1, -0.05) is 6.92 Å². The molecule has 0 unspecified atom stereocenters. The highest BCUT2D eigenvalue weighted by molar-refractivity contribution is 5.92. The molecule has 8 nitrogen and oxygen atoms in total. The first kappa shape index (κ1) is 17.3. The number of nitrogens with zero attached hydrogens (tertiary/aromatic N) is 6. The molecule has 1 fully saturated rings. The average molecular weight is 344 g/mol. The van der Waals surface area contributed by atoms with Gasteiger partial charge in [0.05, 0.1) is 0 Å². The van der Waals surface area contributed by atoms with E-state index >= 15 is 0 Å². The van der Waals surface area contributed by atoms with Crippen LogP contribution in [0.1, 0.15) is 23.2 Å². The minimum Gasteiger partial charge on any atom is -0.335 e. The summed E-state index contributed by atoms with van der Waals surface area (Å²) in [6.07, 6.45) is 4.79. The number of carbonyl (C=O) groups is 1. The van der Waals surface area contributed by atoms with Crippen LogP contribution in [-0.2, 0) is 20.0 Å². The lowest BCUT2D eigenvalue weighted by atomic mass is 10.2. The smallest absolute Gasteiger partial charge is 0.274 e. The molecule has 0 spiro atoms. The number of hydrogen-bond donors (Lipinski definition) is 0. The number of piperazine rings is 1. The molecule has 1 aliphatic heterocycles. The molecule has 0 bridgehead atoms. The number of aryl methyl sites for hydroxylation is 2. The van der Waals surface area contributed by atoms with Gasteiger partial charge in [0.1, 0.15) is 11.5 Å². The molecule has 1 aliphatic rings. The summed E-state index contributed by atoms with van der Waals surface area (Å²) in [4.78, 5) is 32.4. The van der Waals surface area contributed by atoms with Crippen LogP contribution < -0.4 is 5.56 Å². The summed E-state index contributed by atoms with van der Waals surface area (Å²) in [5, 5.41) is 4.05. The Labute approximate surface area is 146 Å². The molecule has 1 saturated heterocycles. The molecule has 0 N–H and O–H groups in total. The van der Waals surface area contributed by atoms with E-state index in [2.05, 4.69) is 26.5 Å². The Bertz CT molecular complexity index is 788. The van der Waals surface area contributed by atoms with E-state index in [0.29, 0.717) is 18.8 Å². The Morgan fingerprint density at radius 2 is 1.92 bits per heavy atom. The molecule has 0 aliphatic carbocycles. The summed E-state index contributed by atoms with van der Waals surface area (Å²) >= 11 is 0. The standard InChI is InChI=1S/C17H24N6O2/c1-3-15-18-6-7-22(15)11-8-21-9-12-23(13-10-21)17(25)14-4-5-16(24)20(2)19-14/h4-7H,3,8-13H2,1-2H3. The summed E-state index contributed by atoms with van der Waals surface area (Å²) in [5.74, 6) is 0.993. The van der Waals surface area contributed by atoms with Crippen molar-refractivity contribution in [2.24, 2.45) is 7.05 Å². The predicted octanol–water partition coefficient (Wildman–Crippen LogP) is -0.00280. The fourth-order valence-corrected chi connectivity index (χ4v) is 3.06. The van der Waals surface area contributed by atoms with Gasteiger partial charge in [0.25, 0.3) is 11.5 Å². The minimum atomic E-state index is -0.215. The lowest BCUT2D eigenvalue weighted by Crippen LogP contribution is -2.49. The van der Waals surface area contributed by atoms with Crippen LogP contribution in [0.4, 0.5) is 0 Å². The van der Waals surface area contributed by atoms with E-state index in [1.807, 2.05) is 12.4 Å². The van der Waals surface area contributed by atoms with Gasteiger partial charge in [0.2, 0.25) is 0 Å². The van der Waals surface area contributed by atoms with Crippen molar-refractivity contribution in [3.8, 4) is 0 Å². The van der Waals surface area contributed by atoms with E-state index in [1.54, 1.807) is 11.9 Å². The Kier molecular flexibility index (Phi) is 5.28. The number of hydrogen-bond acceptors (Lipinski definition) is 5. The fourth-order valence-electron chi connectivity index (χ4n) is 3.06. The van der Waals surface area contributed by atoms with Gasteiger partial charge in [-0.3, -0.25) is 14.5 Å². The number of amides is 1. The minimum absolute atomic E-state index is 0.113. The molecule has 0 radical (unpaired) electrons. The first-order valence-electron chi connectivity index (χ1n) is 8.64. The lowest BCUT2D eigenvalue weighted by Gasteiger charge is -2.34. The van der Waals surface area contributed by atoms with E-state index in [-0.39, 0.29) is 11.5 Å². The SMILES string of the molecule is CCc1nccn1CCN1CCN(C(=O)c2ccc(=O)n(C)n2)CC1. The third kappa shape index (κ3) is 3.96. The zero-order valence-corrected chi connectivity index (χ0v) is 14.8. The van der Waals surface area contributed by atoms with Crippen LogP contribution in [-0.4, -0.2) is 67.8 Å². The van der Waals surface area contributed by atoms with E-state index in [4.69, 9.17) is 0 Å². The van der Waals surface area contributed by atoms with E-state index in [1.165, 1.54) is 16.8 Å². The van der Waals surface area contributed by atoms with E-state index < -0.39 is 0 Å². The maximum Gasteiger partial charge on any atom is 0.274 e. The van der Waals surface area contributed by atoms with Gasteiger partial charge >= 0.3 is 0 Å². The number of imidazole rings is 1. The number of carbonyl (C=O) groups excluding carboxylic acids is 1. The molecule has 8 heteroatoms. The molecule has 1 amide bonds. The highest BCUT2D eigenvalue weighted by atomic mass is 16.2. The quantitative estimate of drug-likeness (QED) is 0.763. The summed E-state index contributed by atoms with van der Waals surface area (Å²) in [6.45, 7) is 7.00. The zero-order chi connectivity index (χ0) is 17.8. The van der Waals surface area contributed by atoms with Crippen molar-refractivity contribution in [1.82, 2.24) is 29.1 Å². The first-order chi connectivity index (χ1) is 12.1. The van der Waals surface area contributed by atoms with Crippen molar-refractivity contribution >= 4 is 5.91 Å². The molecule has 25 heavy (non-hydrogen) atoms. The van der Waals surface area contributed by atoms with Crippen molar-refractivity contribution in [2.45, 2.75) is 19.9 Å². The zero-order valence-electron chi connectivity index (χ0n) is 14.8. The summed E-state index contributed by atoms with van der Waals surface area (Å²) < 4.78 is 3.38. The molecule has 0 atom stereocenters. The van der Waals surface area contributed by atoms with Gasteiger partial charge in [-0.15, -0.1) is 0 Å². The molecule has 3 rings (SSSR count). The van der Waals surface area contributed by atoms with E-state index in [0.717, 1.165) is 38.4 Å². The fraction of sp³-hybridized carbons (Fsp3) is 0.529. The van der Waals surface area contributed by atoms with E-state index in [9.17, 15) is 9.59 Å². The predicted molar refractivity (Wildman–Crippen MR) is 93.4 cm³/mol. The summed E-state index contributed by atoms with van der Waals surface area (Å²) in [6, 6.07) is 2.88. The molecular weight excluding hydrogens is 320 g/mol.